The summed E-state index contributed by atoms with van der Waals surface area (Å²) in [5.74, 6) is -0.750. The summed E-state index contributed by atoms with van der Waals surface area (Å²) >= 11 is 1.54. The van der Waals surface area contributed by atoms with Crippen molar-refractivity contribution in [3.05, 3.63) is 58.3 Å². The summed E-state index contributed by atoms with van der Waals surface area (Å²) in [6.45, 7) is 0.584. The van der Waals surface area contributed by atoms with Crippen LogP contribution in [0, 0.1) is 0 Å². The molecule has 0 spiro atoms. The molecule has 2 aromatic rings. The smallest absolute Gasteiger partial charge is 0.244 e. The number of nitrogens with one attached hydrogen (secondary N) is 2. The van der Waals surface area contributed by atoms with Gasteiger partial charge in [-0.1, -0.05) is 6.07 Å². The van der Waals surface area contributed by atoms with Crippen molar-refractivity contribution >= 4 is 35.3 Å². The molecular weight excluding hydrogens is 340 g/mol. The van der Waals surface area contributed by atoms with Gasteiger partial charge < -0.3 is 20.8 Å². The van der Waals surface area contributed by atoms with Gasteiger partial charge in [-0.05, 0) is 35.7 Å². The summed E-state index contributed by atoms with van der Waals surface area (Å²) in [7, 11) is 0. The number of carbonyl (C=O) groups excluding carboxylic acids is 2. The molecule has 1 aromatic heterocycles. The third-order valence-electron chi connectivity index (χ3n) is 3.09. The van der Waals surface area contributed by atoms with Gasteiger partial charge in [-0.15, -0.1) is 11.3 Å². The maximum atomic E-state index is 11.7. The van der Waals surface area contributed by atoms with Gasteiger partial charge in [-0.2, -0.15) is 0 Å². The van der Waals surface area contributed by atoms with Gasteiger partial charge in [0.25, 0.3) is 0 Å². The Kier molecular flexibility index (Phi) is 6.79. The molecular formula is C18H18N2O4S. The Morgan fingerprint density at radius 1 is 1.00 bits per heavy atom. The van der Waals surface area contributed by atoms with Crippen LogP contribution in [0.4, 0.5) is 0 Å². The number of thiophene rings is 1. The predicted octanol–water partition coefficient (Wildman–Crippen LogP) is 2.12. The molecule has 0 radical (unpaired) electrons. The Balaban J connectivity index is 1.68. The number of hydrogen-bond acceptors (Lipinski definition) is 5. The topological polar surface area (TPSA) is 98.7 Å². The second-order valence-corrected chi connectivity index (χ2v) is 5.99. The average molecular weight is 358 g/mol. The largest absolute Gasteiger partial charge is 0.508 e. The van der Waals surface area contributed by atoms with Crippen LogP contribution in [0.5, 0.6) is 11.5 Å². The van der Waals surface area contributed by atoms with Crippen LogP contribution >= 0.6 is 11.3 Å². The van der Waals surface area contributed by atoms with E-state index in [1.165, 1.54) is 47.8 Å². The first-order valence-corrected chi connectivity index (χ1v) is 8.40. The summed E-state index contributed by atoms with van der Waals surface area (Å²) in [5, 5.41) is 26.0. The van der Waals surface area contributed by atoms with E-state index in [2.05, 4.69) is 10.6 Å². The van der Waals surface area contributed by atoms with Crippen molar-refractivity contribution < 1.29 is 19.8 Å². The highest BCUT2D eigenvalue weighted by Crippen LogP contribution is 2.23. The lowest BCUT2D eigenvalue weighted by molar-refractivity contribution is -0.118. The molecule has 0 saturated heterocycles. The van der Waals surface area contributed by atoms with E-state index in [9.17, 15) is 19.8 Å². The number of benzene rings is 1. The highest BCUT2D eigenvalue weighted by Gasteiger charge is 2.01. The Labute approximate surface area is 149 Å². The van der Waals surface area contributed by atoms with E-state index in [0.29, 0.717) is 12.1 Å². The molecule has 2 rings (SSSR count). The number of hydrogen-bond donors (Lipinski definition) is 4. The minimum absolute atomic E-state index is 0.0528. The number of aromatic hydroxyl groups is 2. The molecule has 1 heterocycles. The zero-order valence-electron chi connectivity index (χ0n) is 13.3. The monoisotopic (exact) mass is 358 g/mol. The van der Waals surface area contributed by atoms with E-state index < -0.39 is 0 Å². The lowest BCUT2D eigenvalue weighted by Crippen LogP contribution is -2.33. The Hall–Kier alpha value is -3.06. The first kappa shape index (κ1) is 18.3. The molecule has 130 valence electrons. The molecule has 0 aliphatic carbocycles. The number of rotatable bonds is 7. The second kappa shape index (κ2) is 9.29. The molecule has 0 aliphatic heterocycles. The van der Waals surface area contributed by atoms with Crippen molar-refractivity contribution in [2.75, 3.05) is 13.1 Å². The van der Waals surface area contributed by atoms with Crippen LogP contribution in [0.25, 0.3) is 12.2 Å². The van der Waals surface area contributed by atoms with E-state index in [1.807, 2.05) is 17.5 Å². The molecule has 0 saturated carbocycles. The fraction of sp³-hybridized carbons (Fsp3) is 0.111. The normalized spacial score (nSPS) is 11.0. The lowest BCUT2D eigenvalue weighted by atomic mass is 10.2. The van der Waals surface area contributed by atoms with Gasteiger partial charge >= 0.3 is 0 Å². The molecule has 4 N–H and O–H groups in total. The zero-order chi connectivity index (χ0) is 18.1. The van der Waals surface area contributed by atoms with E-state index in [1.54, 1.807) is 6.08 Å². The first-order valence-electron chi connectivity index (χ1n) is 7.52. The van der Waals surface area contributed by atoms with Crippen molar-refractivity contribution in [3.63, 3.8) is 0 Å². The summed E-state index contributed by atoms with van der Waals surface area (Å²) in [5.41, 5.74) is 0.417. The van der Waals surface area contributed by atoms with Gasteiger partial charge in [0.1, 0.15) is 11.5 Å². The van der Waals surface area contributed by atoms with Crippen LogP contribution in [-0.4, -0.2) is 35.1 Å². The zero-order valence-corrected chi connectivity index (χ0v) is 14.1. The third kappa shape index (κ3) is 6.52. The standard InChI is InChI=1S/C18H18N2O4S/c21-14-5-3-13(16(22)12-14)4-7-17(23)19-9-10-20-18(24)8-6-15-2-1-11-25-15/h1-8,11-12,21-22H,9-10H2,(H,19,23)(H,20,24)/b7-4+,8-6+. The van der Waals surface area contributed by atoms with E-state index in [4.69, 9.17) is 0 Å². The van der Waals surface area contributed by atoms with Gasteiger partial charge in [0.2, 0.25) is 11.8 Å². The fourth-order valence-corrected chi connectivity index (χ4v) is 2.49. The van der Waals surface area contributed by atoms with Crippen molar-refractivity contribution in [2.45, 2.75) is 0 Å². The third-order valence-corrected chi connectivity index (χ3v) is 3.93. The van der Waals surface area contributed by atoms with Crippen LogP contribution in [0.15, 0.2) is 47.9 Å². The lowest BCUT2D eigenvalue weighted by Gasteiger charge is -2.03. The van der Waals surface area contributed by atoms with Gasteiger partial charge in [0, 0.05) is 41.7 Å². The molecule has 0 unspecified atom stereocenters. The minimum Gasteiger partial charge on any atom is -0.508 e. The molecule has 6 nitrogen and oxygen atoms in total. The van der Waals surface area contributed by atoms with Gasteiger partial charge in [-0.3, -0.25) is 9.59 Å². The van der Waals surface area contributed by atoms with Crippen LogP contribution in [0.1, 0.15) is 10.4 Å². The average Bonchev–Trinajstić information content (AvgIpc) is 3.09. The highest BCUT2D eigenvalue weighted by molar-refractivity contribution is 7.10. The molecule has 0 atom stereocenters. The second-order valence-electron chi connectivity index (χ2n) is 5.01. The quantitative estimate of drug-likeness (QED) is 0.450. The first-order chi connectivity index (χ1) is 12.0. The molecule has 25 heavy (non-hydrogen) atoms. The van der Waals surface area contributed by atoms with E-state index in [0.717, 1.165) is 4.88 Å². The summed E-state index contributed by atoms with van der Waals surface area (Å²) in [6, 6.07) is 7.91. The van der Waals surface area contributed by atoms with E-state index in [-0.39, 0.29) is 29.9 Å². The predicted molar refractivity (Wildman–Crippen MR) is 98.2 cm³/mol. The summed E-state index contributed by atoms with van der Waals surface area (Å²) < 4.78 is 0. The molecule has 2 amide bonds. The van der Waals surface area contributed by atoms with E-state index >= 15 is 0 Å². The summed E-state index contributed by atoms with van der Waals surface area (Å²) in [6.07, 6.45) is 5.88. The SMILES string of the molecule is O=C(/C=C/c1cccs1)NCCNC(=O)/C=C/c1ccc(O)cc1O. The Bertz CT molecular complexity index is 782. The minimum atomic E-state index is -0.351. The molecule has 7 heteroatoms. The fourth-order valence-electron chi connectivity index (χ4n) is 1.87. The van der Waals surface area contributed by atoms with Gasteiger partial charge in [0.05, 0.1) is 0 Å². The van der Waals surface area contributed by atoms with Crippen LogP contribution in [-0.2, 0) is 9.59 Å². The number of carbonyl (C=O) groups is 2. The maximum absolute atomic E-state index is 11.7. The van der Waals surface area contributed by atoms with Crippen molar-refractivity contribution in [2.24, 2.45) is 0 Å². The number of phenolic OH excluding ortho intramolecular Hbond substituents is 2. The highest BCUT2D eigenvalue weighted by atomic mass is 32.1. The van der Waals surface area contributed by atoms with Gasteiger partial charge in [0.15, 0.2) is 0 Å². The Morgan fingerprint density at radius 3 is 2.28 bits per heavy atom. The molecule has 0 aliphatic rings. The molecule has 0 fully saturated rings. The van der Waals surface area contributed by atoms with Crippen molar-refractivity contribution in [1.29, 1.82) is 0 Å². The van der Waals surface area contributed by atoms with Crippen LogP contribution in [0.3, 0.4) is 0 Å². The van der Waals surface area contributed by atoms with Crippen molar-refractivity contribution in [3.8, 4) is 11.5 Å². The van der Waals surface area contributed by atoms with Crippen molar-refractivity contribution in [1.82, 2.24) is 10.6 Å². The molecule has 1 aromatic carbocycles. The maximum Gasteiger partial charge on any atom is 0.244 e. The summed E-state index contributed by atoms with van der Waals surface area (Å²) in [4.78, 5) is 24.2. The number of phenols is 2. The van der Waals surface area contributed by atoms with Gasteiger partial charge in [-0.25, -0.2) is 0 Å². The van der Waals surface area contributed by atoms with Crippen LogP contribution < -0.4 is 10.6 Å². The Morgan fingerprint density at radius 2 is 1.68 bits per heavy atom. The number of amides is 2. The van der Waals surface area contributed by atoms with Crippen LogP contribution in [0.2, 0.25) is 0 Å². The molecule has 0 bridgehead atoms.